The van der Waals surface area contributed by atoms with Crippen LogP contribution in [0.5, 0.6) is 5.75 Å². The summed E-state index contributed by atoms with van der Waals surface area (Å²) in [5.41, 5.74) is 2.34. The lowest BCUT2D eigenvalue weighted by Gasteiger charge is -2.36. The van der Waals surface area contributed by atoms with Crippen molar-refractivity contribution in [1.29, 1.82) is 0 Å². The van der Waals surface area contributed by atoms with Gasteiger partial charge in [-0.3, -0.25) is 9.88 Å². The Morgan fingerprint density at radius 1 is 0.889 bits per heavy atom. The molecule has 0 saturated carbocycles. The summed E-state index contributed by atoms with van der Waals surface area (Å²) < 4.78 is 5.93. The smallest absolute Gasteiger partial charge is 0.120 e. The lowest BCUT2D eigenvalue weighted by atomic mass is 10.2. The van der Waals surface area contributed by atoms with Gasteiger partial charge in [0.05, 0.1) is 12.1 Å². The van der Waals surface area contributed by atoms with Crippen LogP contribution >= 0.6 is 0 Å². The molecule has 4 rings (SSSR count). The maximum Gasteiger partial charge on any atom is 0.120 e. The van der Waals surface area contributed by atoms with Crippen molar-refractivity contribution in [3.63, 3.8) is 0 Å². The Balaban J connectivity index is 0.00000210. The predicted octanol–water partition coefficient (Wildman–Crippen LogP) is 3.00. The zero-order chi connectivity index (χ0) is 17.6. The number of rotatable bonds is 6. The molecule has 0 bridgehead atoms. The minimum atomic E-state index is 0. The predicted molar refractivity (Wildman–Crippen MR) is 111 cm³/mol. The Morgan fingerprint density at radius 2 is 1.70 bits per heavy atom. The Morgan fingerprint density at radius 3 is 2.52 bits per heavy atom. The molecular formula is C22H27N3O2. The van der Waals surface area contributed by atoms with Gasteiger partial charge in [0.1, 0.15) is 5.75 Å². The minimum absolute atomic E-state index is 0. The van der Waals surface area contributed by atoms with Gasteiger partial charge in [0.15, 0.2) is 0 Å². The molecule has 1 fully saturated rings. The van der Waals surface area contributed by atoms with Crippen molar-refractivity contribution in [3.8, 4) is 5.75 Å². The average molecular weight is 365 g/mol. The van der Waals surface area contributed by atoms with Crippen LogP contribution < -0.4 is 9.64 Å². The van der Waals surface area contributed by atoms with Crippen LogP contribution in [0.3, 0.4) is 0 Å². The molecule has 1 aromatic heterocycles. The number of ether oxygens (including phenoxy) is 1. The average Bonchev–Trinajstić information content (AvgIpc) is 2.72. The molecule has 2 N–H and O–H groups in total. The number of benzene rings is 2. The minimum Gasteiger partial charge on any atom is -0.494 e. The molecule has 2 aromatic carbocycles. The number of anilines is 1. The molecule has 5 nitrogen and oxygen atoms in total. The summed E-state index contributed by atoms with van der Waals surface area (Å²) in [4.78, 5) is 9.34. The van der Waals surface area contributed by atoms with Crippen LogP contribution in [-0.2, 0) is 0 Å². The van der Waals surface area contributed by atoms with Crippen molar-refractivity contribution >= 4 is 16.6 Å². The van der Waals surface area contributed by atoms with Crippen LogP contribution in [0.25, 0.3) is 10.9 Å². The normalized spacial score (nSPS) is 14.7. The molecule has 0 spiro atoms. The third kappa shape index (κ3) is 4.96. The highest BCUT2D eigenvalue weighted by Crippen LogP contribution is 2.19. The van der Waals surface area contributed by atoms with Crippen molar-refractivity contribution in [1.82, 2.24) is 9.88 Å². The molecule has 0 atom stereocenters. The molecule has 0 unspecified atom stereocenters. The fourth-order valence-electron chi connectivity index (χ4n) is 3.49. The monoisotopic (exact) mass is 365 g/mol. The maximum absolute atomic E-state index is 5.93. The van der Waals surface area contributed by atoms with E-state index in [2.05, 4.69) is 57.2 Å². The van der Waals surface area contributed by atoms with E-state index >= 15 is 0 Å². The van der Waals surface area contributed by atoms with Crippen molar-refractivity contribution in [2.75, 3.05) is 44.2 Å². The second kappa shape index (κ2) is 9.35. The molecule has 5 heteroatoms. The highest BCUT2D eigenvalue weighted by Gasteiger charge is 2.16. The van der Waals surface area contributed by atoms with Gasteiger partial charge in [0.25, 0.3) is 0 Å². The van der Waals surface area contributed by atoms with Crippen LogP contribution in [0.2, 0.25) is 0 Å². The standard InChI is InChI=1S/C22H25N3O.H2O/c1-2-7-20(8-3-1)25-15-13-24(14-16-25)12-5-17-26-21-9-10-22-19(18-21)6-4-11-23-22;/h1-4,6-11,18H,5,12-17H2;1H2. The SMILES string of the molecule is O.c1ccc(N2CCN(CCCOc3ccc4ncccc4c3)CC2)cc1. The quantitative estimate of drug-likeness (QED) is 0.630. The molecule has 0 radical (unpaired) electrons. The number of hydrogen-bond donors (Lipinski definition) is 0. The van der Waals surface area contributed by atoms with E-state index in [9.17, 15) is 0 Å². The van der Waals surface area contributed by atoms with Gasteiger partial charge in [-0.25, -0.2) is 0 Å². The third-order valence-electron chi connectivity index (χ3n) is 4.96. The van der Waals surface area contributed by atoms with Gasteiger partial charge in [0, 0.05) is 50.0 Å². The van der Waals surface area contributed by atoms with Gasteiger partial charge in [-0.15, -0.1) is 0 Å². The molecule has 1 aliphatic heterocycles. The highest BCUT2D eigenvalue weighted by molar-refractivity contribution is 5.79. The zero-order valence-electron chi connectivity index (χ0n) is 15.6. The first-order chi connectivity index (χ1) is 12.9. The van der Waals surface area contributed by atoms with Crippen molar-refractivity contribution < 1.29 is 10.2 Å². The molecule has 2 heterocycles. The summed E-state index contributed by atoms with van der Waals surface area (Å²) in [6.45, 7) is 6.29. The Labute approximate surface area is 160 Å². The van der Waals surface area contributed by atoms with Gasteiger partial charge in [0.2, 0.25) is 0 Å². The molecule has 0 amide bonds. The van der Waals surface area contributed by atoms with E-state index in [1.165, 1.54) is 5.69 Å². The number of pyridine rings is 1. The lowest BCUT2D eigenvalue weighted by Crippen LogP contribution is -2.46. The number of hydrogen-bond acceptors (Lipinski definition) is 4. The van der Waals surface area contributed by atoms with Crippen molar-refractivity contribution in [2.45, 2.75) is 6.42 Å². The molecular weight excluding hydrogens is 338 g/mol. The summed E-state index contributed by atoms with van der Waals surface area (Å²) in [6, 6.07) is 20.8. The van der Waals surface area contributed by atoms with Crippen LogP contribution in [-0.4, -0.2) is 54.7 Å². The Bertz CT molecular complexity index is 833. The van der Waals surface area contributed by atoms with E-state index in [1.54, 1.807) is 0 Å². The third-order valence-corrected chi connectivity index (χ3v) is 4.96. The summed E-state index contributed by atoms with van der Waals surface area (Å²) in [5.74, 6) is 0.930. The van der Waals surface area contributed by atoms with E-state index in [0.717, 1.165) is 62.4 Å². The summed E-state index contributed by atoms with van der Waals surface area (Å²) in [7, 11) is 0. The highest BCUT2D eigenvalue weighted by atomic mass is 16.5. The second-order valence-electron chi connectivity index (χ2n) is 6.72. The maximum atomic E-state index is 5.93. The topological polar surface area (TPSA) is 60.1 Å². The van der Waals surface area contributed by atoms with Crippen LogP contribution in [0.1, 0.15) is 6.42 Å². The number of aromatic nitrogens is 1. The Kier molecular flexibility index (Phi) is 6.63. The lowest BCUT2D eigenvalue weighted by molar-refractivity contribution is 0.225. The van der Waals surface area contributed by atoms with E-state index in [0.29, 0.717) is 0 Å². The van der Waals surface area contributed by atoms with Crippen molar-refractivity contribution in [3.05, 3.63) is 66.9 Å². The first-order valence-electron chi connectivity index (χ1n) is 9.38. The Hall–Kier alpha value is -2.63. The van der Waals surface area contributed by atoms with E-state index in [-0.39, 0.29) is 5.48 Å². The largest absolute Gasteiger partial charge is 0.494 e. The fraction of sp³-hybridized carbons (Fsp3) is 0.318. The van der Waals surface area contributed by atoms with E-state index < -0.39 is 0 Å². The molecule has 0 aliphatic carbocycles. The van der Waals surface area contributed by atoms with Gasteiger partial charge >= 0.3 is 0 Å². The number of piperazine rings is 1. The number of fused-ring (bicyclic) bond motifs is 1. The molecule has 1 saturated heterocycles. The van der Waals surface area contributed by atoms with Crippen LogP contribution in [0.15, 0.2) is 66.9 Å². The first-order valence-corrected chi connectivity index (χ1v) is 9.38. The second-order valence-corrected chi connectivity index (χ2v) is 6.72. The summed E-state index contributed by atoms with van der Waals surface area (Å²) in [5, 5.41) is 1.13. The molecule has 3 aromatic rings. The molecule has 1 aliphatic rings. The van der Waals surface area contributed by atoms with Crippen LogP contribution in [0.4, 0.5) is 5.69 Å². The van der Waals surface area contributed by atoms with Crippen LogP contribution in [0, 0.1) is 0 Å². The fourth-order valence-corrected chi connectivity index (χ4v) is 3.49. The van der Waals surface area contributed by atoms with Gasteiger partial charge < -0.3 is 15.1 Å². The molecule has 27 heavy (non-hydrogen) atoms. The van der Waals surface area contributed by atoms with Crippen molar-refractivity contribution in [2.24, 2.45) is 0 Å². The van der Waals surface area contributed by atoms with Gasteiger partial charge in [-0.1, -0.05) is 24.3 Å². The van der Waals surface area contributed by atoms with Gasteiger partial charge in [-0.2, -0.15) is 0 Å². The molecule has 142 valence electrons. The number of para-hydroxylation sites is 1. The van der Waals surface area contributed by atoms with E-state index in [4.69, 9.17) is 4.74 Å². The van der Waals surface area contributed by atoms with Gasteiger partial charge in [-0.05, 0) is 42.8 Å². The number of nitrogens with zero attached hydrogens (tertiary/aromatic N) is 3. The summed E-state index contributed by atoms with van der Waals surface area (Å²) >= 11 is 0. The summed E-state index contributed by atoms with van der Waals surface area (Å²) in [6.07, 6.45) is 2.87. The first kappa shape index (κ1) is 19.1. The van der Waals surface area contributed by atoms with E-state index in [1.807, 2.05) is 24.4 Å². The zero-order valence-corrected chi connectivity index (χ0v) is 15.6.